The van der Waals surface area contributed by atoms with Gasteiger partial charge >= 0.3 is 0 Å². The summed E-state index contributed by atoms with van der Waals surface area (Å²) in [7, 11) is 1.97. The normalized spacial score (nSPS) is 17.0. The Labute approximate surface area is 154 Å². The third-order valence-electron chi connectivity index (χ3n) is 5.89. The summed E-state index contributed by atoms with van der Waals surface area (Å²) in [5, 5.41) is 4.59. The molecule has 0 aliphatic heterocycles. The molecule has 1 aromatic heterocycles. The van der Waals surface area contributed by atoms with Crippen LogP contribution >= 0.6 is 0 Å². The number of aryl methyl sites for hydroxylation is 1. The van der Waals surface area contributed by atoms with Crippen LogP contribution in [0.2, 0.25) is 0 Å². The molecule has 138 valence electrons. The molecule has 5 heteroatoms. The molecule has 2 aliphatic carbocycles. The zero-order valence-corrected chi connectivity index (χ0v) is 15.7. The summed E-state index contributed by atoms with van der Waals surface area (Å²) in [5.41, 5.74) is 3.61. The fraction of sp³-hybridized carbons (Fsp3) is 0.524. The topological polar surface area (TPSA) is 38.1 Å². The first-order chi connectivity index (χ1) is 12.5. The van der Waals surface area contributed by atoms with Crippen molar-refractivity contribution in [2.24, 2.45) is 11.8 Å². The van der Waals surface area contributed by atoms with Crippen molar-refractivity contribution in [1.82, 2.24) is 14.7 Å². The van der Waals surface area contributed by atoms with Gasteiger partial charge < -0.3 is 4.90 Å². The van der Waals surface area contributed by atoms with E-state index in [9.17, 15) is 9.18 Å². The molecule has 0 spiro atoms. The Kier molecular flexibility index (Phi) is 4.33. The number of hydrogen-bond donors (Lipinski definition) is 0. The molecule has 0 unspecified atom stereocenters. The van der Waals surface area contributed by atoms with Gasteiger partial charge in [-0.3, -0.25) is 4.79 Å². The van der Waals surface area contributed by atoms with Crippen LogP contribution < -0.4 is 0 Å². The van der Waals surface area contributed by atoms with E-state index in [-0.39, 0.29) is 11.7 Å². The molecule has 0 radical (unpaired) electrons. The maximum absolute atomic E-state index is 13.2. The lowest BCUT2D eigenvalue weighted by atomic mass is 10.0. The Balaban J connectivity index is 1.54. The van der Waals surface area contributed by atoms with Crippen molar-refractivity contribution in [3.63, 3.8) is 0 Å². The van der Waals surface area contributed by atoms with E-state index >= 15 is 0 Å². The van der Waals surface area contributed by atoms with Gasteiger partial charge in [-0.2, -0.15) is 5.10 Å². The largest absolute Gasteiger partial charge is 0.342 e. The Hall–Kier alpha value is -2.17. The summed E-state index contributed by atoms with van der Waals surface area (Å²) in [5.74, 6) is 1.33. The van der Waals surface area contributed by atoms with Crippen molar-refractivity contribution in [1.29, 1.82) is 0 Å². The van der Waals surface area contributed by atoms with Gasteiger partial charge in [0.05, 0.1) is 17.8 Å². The Bertz CT molecular complexity index is 807. The second kappa shape index (κ2) is 6.53. The molecule has 1 amide bonds. The maximum atomic E-state index is 13.2. The average molecular weight is 355 g/mol. The number of carbonyl (C=O) groups is 1. The predicted molar refractivity (Wildman–Crippen MR) is 98.7 cm³/mol. The van der Waals surface area contributed by atoms with Gasteiger partial charge in [0, 0.05) is 24.3 Å². The van der Waals surface area contributed by atoms with Crippen LogP contribution in [0.1, 0.15) is 42.6 Å². The van der Waals surface area contributed by atoms with E-state index in [2.05, 4.69) is 5.10 Å². The molecule has 2 fully saturated rings. The number of benzene rings is 1. The minimum Gasteiger partial charge on any atom is -0.342 e. The number of likely N-dealkylation sites (N-methyl/N-ethyl adjacent to an activating group) is 1. The fourth-order valence-electron chi connectivity index (χ4n) is 4.10. The van der Waals surface area contributed by atoms with Gasteiger partial charge in [0.2, 0.25) is 5.91 Å². The average Bonchev–Trinajstić information content (AvgIpc) is 3.52. The van der Waals surface area contributed by atoms with Crippen molar-refractivity contribution in [2.45, 2.75) is 52.0 Å². The van der Waals surface area contributed by atoms with Crippen LogP contribution in [0.5, 0.6) is 0 Å². The van der Waals surface area contributed by atoms with E-state index in [1.807, 2.05) is 25.8 Å². The lowest BCUT2D eigenvalue weighted by molar-refractivity contribution is -0.132. The van der Waals surface area contributed by atoms with Gasteiger partial charge in [-0.25, -0.2) is 9.07 Å². The van der Waals surface area contributed by atoms with Gasteiger partial charge in [0.15, 0.2) is 0 Å². The lowest BCUT2D eigenvalue weighted by Crippen LogP contribution is -2.41. The summed E-state index contributed by atoms with van der Waals surface area (Å²) in [4.78, 5) is 15.0. The number of hydrogen-bond acceptors (Lipinski definition) is 2. The minimum absolute atomic E-state index is 0.179. The van der Waals surface area contributed by atoms with Crippen LogP contribution in [0.25, 0.3) is 5.69 Å². The van der Waals surface area contributed by atoms with Crippen LogP contribution in [0, 0.1) is 31.5 Å². The lowest BCUT2D eigenvalue weighted by Gasteiger charge is -2.28. The molecule has 0 saturated heterocycles. The molecular formula is C21H26FN3O. The number of nitrogens with zero attached hydrogens (tertiary/aromatic N) is 3. The van der Waals surface area contributed by atoms with Crippen molar-refractivity contribution < 1.29 is 9.18 Å². The van der Waals surface area contributed by atoms with Crippen LogP contribution in [0.15, 0.2) is 24.3 Å². The quantitative estimate of drug-likeness (QED) is 0.790. The molecule has 4 nitrogen and oxygen atoms in total. The first-order valence-electron chi connectivity index (χ1n) is 9.52. The van der Waals surface area contributed by atoms with E-state index in [0.29, 0.717) is 24.3 Å². The molecule has 4 rings (SSSR count). The van der Waals surface area contributed by atoms with Crippen molar-refractivity contribution in [3.05, 3.63) is 47.0 Å². The minimum atomic E-state index is -0.265. The zero-order chi connectivity index (χ0) is 18.4. The summed E-state index contributed by atoms with van der Waals surface area (Å²) in [6.07, 6.45) is 5.43. The van der Waals surface area contributed by atoms with Crippen molar-refractivity contribution >= 4 is 5.91 Å². The zero-order valence-electron chi connectivity index (χ0n) is 15.7. The third kappa shape index (κ3) is 3.27. The van der Waals surface area contributed by atoms with Crippen LogP contribution in [-0.2, 0) is 11.2 Å². The van der Waals surface area contributed by atoms with E-state index in [0.717, 1.165) is 22.6 Å². The van der Waals surface area contributed by atoms with E-state index in [1.54, 1.807) is 16.8 Å². The summed E-state index contributed by atoms with van der Waals surface area (Å²) < 4.78 is 15.0. The summed E-state index contributed by atoms with van der Waals surface area (Å²) in [6, 6.07) is 6.71. The van der Waals surface area contributed by atoms with Crippen LogP contribution in [-0.4, -0.2) is 33.7 Å². The number of amides is 1. The monoisotopic (exact) mass is 355 g/mol. The summed E-state index contributed by atoms with van der Waals surface area (Å²) in [6.45, 7) is 3.92. The van der Waals surface area contributed by atoms with E-state index in [4.69, 9.17) is 0 Å². The third-order valence-corrected chi connectivity index (χ3v) is 5.89. The molecule has 0 N–H and O–H groups in total. The van der Waals surface area contributed by atoms with Gasteiger partial charge in [0.1, 0.15) is 5.82 Å². The van der Waals surface area contributed by atoms with Crippen molar-refractivity contribution in [3.8, 4) is 5.69 Å². The van der Waals surface area contributed by atoms with Crippen molar-refractivity contribution in [2.75, 3.05) is 7.05 Å². The SMILES string of the molecule is Cc1nn(-c2ccc(F)cc2)c(C)c1CC(=O)N(C)C(C1CC1)C1CC1. The van der Waals surface area contributed by atoms with Gasteiger partial charge in [-0.05, 0) is 75.6 Å². The molecular weight excluding hydrogens is 329 g/mol. The second-order valence-corrected chi connectivity index (χ2v) is 7.88. The molecule has 0 atom stereocenters. The highest BCUT2D eigenvalue weighted by Crippen LogP contribution is 2.47. The summed E-state index contributed by atoms with van der Waals surface area (Å²) >= 11 is 0. The Morgan fingerprint density at radius 1 is 1.19 bits per heavy atom. The second-order valence-electron chi connectivity index (χ2n) is 7.88. The molecule has 2 aromatic rings. The highest BCUT2D eigenvalue weighted by atomic mass is 19.1. The first-order valence-corrected chi connectivity index (χ1v) is 9.52. The fourth-order valence-corrected chi connectivity index (χ4v) is 4.10. The molecule has 2 aliphatic rings. The van der Waals surface area contributed by atoms with Gasteiger partial charge in [-0.15, -0.1) is 0 Å². The number of aromatic nitrogens is 2. The Morgan fingerprint density at radius 3 is 2.31 bits per heavy atom. The molecule has 26 heavy (non-hydrogen) atoms. The maximum Gasteiger partial charge on any atom is 0.227 e. The number of halogens is 1. The van der Waals surface area contributed by atoms with Crippen LogP contribution in [0.3, 0.4) is 0 Å². The number of carbonyl (C=O) groups excluding carboxylic acids is 1. The molecule has 2 saturated carbocycles. The standard InChI is InChI=1S/C21H26FN3O/c1-13-19(14(2)25(23-13)18-10-8-17(22)9-11-18)12-20(26)24(3)21(15-4-5-15)16-6-7-16/h8-11,15-16,21H,4-7,12H2,1-3H3. The molecule has 0 bridgehead atoms. The Morgan fingerprint density at radius 2 is 1.77 bits per heavy atom. The highest BCUT2D eigenvalue weighted by Gasteiger charge is 2.44. The first kappa shape index (κ1) is 17.3. The molecule has 1 aromatic carbocycles. The van der Waals surface area contributed by atoms with Gasteiger partial charge in [0.25, 0.3) is 0 Å². The highest BCUT2D eigenvalue weighted by molar-refractivity contribution is 5.79. The number of rotatable bonds is 6. The van der Waals surface area contributed by atoms with E-state index in [1.165, 1.54) is 37.8 Å². The van der Waals surface area contributed by atoms with Gasteiger partial charge in [-0.1, -0.05) is 0 Å². The smallest absolute Gasteiger partial charge is 0.227 e. The molecule has 1 heterocycles. The van der Waals surface area contributed by atoms with Crippen LogP contribution in [0.4, 0.5) is 4.39 Å². The predicted octanol–water partition coefficient (Wildman–Crippen LogP) is 3.82. The van der Waals surface area contributed by atoms with E-state index < -0.39 is 0 Å².